The molecule has 5 heteroatoms. The monoisotopic (exact) mass is 536 g/mol. The van der Waals surface area contributed by atoms with E-state index in [9.17, 15) is 13.0 Å². The van der Waals surface area contributed by atoms with E-state index in [2.05, 4.69) is 6.92 Å². The molecule has 0 unspecified atom stereocenters. The number of unbranched alkanes of at least 4 members (excludes halogenated alkanes) is 21. The van der Waals surface area contributed by atoms with Crippen molar-refractivity contribution in [2.45, 2.75) is 159 Å². The zero-order valence-electron chi connectivity index (χ0n) is 25.0. The summed E-state index contributed by atoms with van der Waals surface area (Å²) in [6.07, 6.45) is 30.8. The van der Waals surface area contributed by atoms with E-state index in [4.69, 9.17) is 0 Å². The second-order valence-corrected chi connectivity index (χ2v) is 11.6. The average molecular weight is 537 g/mol. The fourth-order valence-electron chi connectivity index (χ4n) is 4.89. The summed E-state index contributed by atoms with van der Waals surface area (Å²) in [5.74, 6) is 0. The number of hydrogen-bond acceptors (Lipinski definition) is 2. The van der Waals surface area contributed by atoms with Gasteiger partial charge in [-0.1, -0.05) is 160 Å². The van der Waals surface area contributed by atoms with Gasteiger partial charge in [-0.3, -0.25) is 4.55 Å². The van der Waals surface area contributed by atoms with E-state index in [1.165, 1.54) is 134 Å². The maximum atomic E-state index is 11.4. The Hall–Kier alpha value is 0.390. The van der Waals surface area contributed by atoms with Crippen molar-refractivity contribution in [3.8, 4) is 0 Å². The number of rotatable bonds is 24. The first-order chi connectivity index (χ1) is 16.6. The first-order valence-corrected chi connectivity index (χ1v) is 16.0. The van der Waals surface area contributed by atoms with Crippen molar-refractivity contribution in [2.75, 3.05) is 0 Å². The maximum Gasteiger partial charge on any atom is 2.00 e. The van der Waals surface area contributed by atoms with Crippen LogP contribution in [0.3, 0.4) is 0 Å². The maximum absolute atomic E-state index is 11.4. The van der Waals surface area contributed by atoms with Gasteiger partial charge in [-0.25, -0.2) is 0 Å². The number of benzene rings is 1. The molecule has 1 rings (SSSR count). The molecule has 0 aromatic heterocycles. The molecule has 35 heavy (non-hydrogen) atoms. The molecule has 0 saturated carbocycles. The summed E-state index contributed by atoms with van der Waals surface area (Å²) < 4.78 is 32.2. The van der Waals surface area contributed by atoms with Gasteiger partial charge in [0.05, 0.1) is 4.90 Å². The Morgan fingerprint density at radius 3 is 1.23 bits per heavy atom. The van der Waals surface area contributed by atoms with E-state index in [0.717, 1.165) is 24.8 Å². The Kier molecular flexibility index (Phi) is 25.0. The third kappa shape index (κ3) is 21.1. The minimum absolute atomic E-state index is 0. The quantitative estimate of drug-likeness (QED) is 0.0812. The minimum Gasteiger partial charge on any atom is -1.00 e. The second-order valence-electron chi connectivity index (χ2n) is 10.3. The third-order valence-electron chi connectivity index (χ3n) is 7.05. The van der Waals surface area contributed by atoms with Crippen LogP contribution in [0.4, 0.5) is 0 Å². The molecule has 0 aliphatic heterocycles. The van der Waals surface area contributed by atoms with Crippen LogP contribution in [0.2, 0.25) is 0 Å². The summed E-state index contributed by atoms with van der Waals surface area (Å²) >= 11 is 0. The summed E-state index contributed by atoms with van der Waals surface area (Å²) in [5, 5.41) is 0. The predicted octanol–water partition coefficient (Wildman–Crippen LogP) is 9.92. The number of hydrogen-bond donors (Lipinski definition) is 1. The van der Waals surface area contributed by atoms with Crippen LogP contribution in [0, 0.1) is 0 Å². The normalized spacial score (nSPS) is 11.5. The molecule has 0 atom stereocenters. The van der Waals surface area contributed by atoms with Crippen LogP contribution in [0.5, 0.6) is 0 Å². The fraction of sp³-hybridized carbons (Fsp3) is 0.800. The first kappa shape index (κ1) is 35.4. The zero-order chi connectivity index (χ0) is 24.7. The van der Waals surface area contributed by atoms with Gasteiger partial charge in [0, 0.05) is 0 Å². The van der Waals surface area contributed by atoms with Gasteiger partial charge in [0.15, 0.2) is 0 Å². The largest absolute Gasteiger partial charge is 2.00 e. The molecule has 1 N–H and O–H groups in total. The Morgan fingerprint density at radius 2 is 0.886 bits per heavy atom. The van der Waals surface area contributed by atoms with Gasteiger partial charge in [-0.15, -0.1) is 0 Å². The Morgan fingerprint density at radius 1 is 0.571 bits per heavy atom. The van der Waals surface area contributed by atoms with Crippen molar-refractivity contribution in [1.29, 1.82) is 0 Å². The van der Waals surface area contributed by atoms with E-state index in [-0.39, 0.29) is 45.5 Å². The van der Waals surface area contributed by atoms with Gasteiger partial charge in [0.1, 0.15) is 0 Å². The van der Waals surface area contributed by atoms with Gasteiger partial charge in [-0.05, 0) is 24.5 Å². The second kappa shape index (κ2) is 24.7. The molecule has 0 radical (unpaired) electrons. The Bertz CT molecular complexity index is 702. The molecule has 0 spiro atoms. The fourth-order valence-corrected chi connectivity index (χ4v) is 5.64. The molecule has 0 heterocycles. The summed E-state index contributed by atoms with van der Waals surface area (Å²) in [5.41, 5.74) is 0.734. The average Bonchev–Trinajstić information content (AvgIpc) is 2.82. The van der Waals surface area contributed by atoms with Crippen molar-refractivity contribution < 1.29 is 15.8 Å². The first-order valence-electron chi connectivity index (χ1n) is 14.6. The topological polar surface area (TPSA) is 54.4 Å². The molecular formula is C30H56CaO3S. The van der Waals surface area contributed by atoms with Crippen molar-refractivity contribution >= 4 is 47.9 Å². The molecule has 0 aliphatic rings. The predicted molar refractivity (Wildman–Crippen MR) is 155 cm³/mol. The minimum atomic E-state index is -4.11. The van der Waals surface area contributed by atoms with Gasteiger partial charge in [0.25, 0.3) is 10.1 Å². The SMILES string of the molecule is CCCCCCCCCCCCCCCCCCCCCCCCc1ccccc1S(=O)(=O)O.[Ca+2].[H-].[H-]. The zero-order valence-corrected chi connectivity index (χ0v) is 26.0. The van der Waals surface area contributed by atoms with Crippen molar-refractivity contribution in [1.82, 2.24) is 0 Å². The van der Waals surface area contributed by atoms with Crippen molar-refractivity contribution in [3.05, 3.63) is 29.8 Å². The van der Waals surface area contributed by atoms with Gasteiger partial charge in [-0.2, -0.15) is 8.42 Å². The molecule has 0 bridgehead atoms. The van der Waals surface area contributed by atoms with E-state index < -0.39 is 10.1 Å². The molecule has 0 aliphatic carbocycles. The molecule has 0 fully saturated rings. The van der Waals surface area contributed by atoms with Crippen LogP contribution in [-0.2, 0) is 16.5 Å². The molecule has 0 amide bonds. The van der Waals surface area contributed by atoms with Crippen LogP contribution in [-0.4, -0.2) is 50.7 Å². The van der Waals surface area contributed by atoms with Gasteiger partial charge in [0.2, 0.25) is 0 Å². The smallest absolute Gasteiger partial charge is 1.00 e. The summed E-state index contributed by atoms with van der Waals surface area (Å²) in [6.45, 7) is 2.29. The van der Waals surface area contributed by atoms with Crippen LogP contribution in [0.25, 0.3) is 0 Å². The van der Waals surface area contributed by atoms with Gasteiger partial charge < -0.3 is 2.85 Å². The Labute approximate surface area is 251 Å². The van der Waals surface area contributed by atoms with E-state index in [1.807, 2.05) is 6.07 Å². The van der Waals surface area contributed by atoms with Crippen molar-refractivity contribution in [2.24, 2.45) is 0 Å². The molecule has 1 aromatic rings. The molecule has 3 nitrogen and oxygen atoms in total. The molecule has 0 saturated heterocycles. The summed E-state index contributed by atoms with van der Waals surface area (Å²) in [6, 6.07) is 6.79. The van der Waals surface area contributed by atoms with E-state index >= 15 is 0 Å². The van der Waals surface area contributed by atoms with Crippen LogP contribution in [0.15, 0.2) is 29.2 Å². The number of aryl methyl sites for hydroxylation is 1. The van der Waals surface area contributed by atoms with E-state index in [0.29, 0.717) is 0 Å². The van der Waals surface area contributed by atoms with Crippen LogP contribution < -0.4 is 0 Å². The van der Waals surface area contributed by atoms with Crippen molar-refractivity contribution in [3.63, 3.8) is 0 Å². The Balaban J connectivity index is -0.00000385. The third-order valence-corrected chi connectivity index (χ3v) is 8.00. The van der Waals surface area contributed by atoms with Gasteiger partial charge >= 0.3 is 37.7 Å². The molecular weight excluding hydrogens is 480 g/mol. The molecule has 202 valence electrons. The van der Waals surface area contributed by atoms with E-state index in [1.54, 1.807) is 12.1 Å². The molecule has 1 aromatic carbocycles. The van der Waals surface area contributed by atoms with Crippen LogP contribution in [0.1, 0.15) is 157 Å². The summed E-state index contributed by atoms with van der Waals surface area (Å²) in [7, 11) is -4.11. The van der Waals surface area contributed by atoms with Crippen LogP contribution >= 0.6 is 0 Å². The summed E-state index contributed by atoms with van der Waals surface area (Å²) in [4.78, 5) is 0.0681. The standard InChI is InChI=1S/C30H54O3S.Ca.2H/c1-2-3-4-5-6-7-8-9-10-11-12-13-14-15-16-17-18-19-20-21-22-23-26-29-27-24-25-28-30(29)34(31,32)33;;;/h24-25,27-28H,2-23,26H2,1H3,(H,31,32,33);;;/q;+2;2*-1.